The summed E-state index contributed by atoms with van der Waals surface area (Å²) in [5.74, 6) is 0.938. The molecule has 2 aromatic heterocycles. The van der Waals surface area contributed by atoms with E-state index in [9.17, 15) is 13.2 Å². The molecule has 39 heavy (non-hydrogen) atoms. The van der Waals surface area contributed by atoms with Gasteiger partial charge in [-0.2, -0.15) is 0 Å². The van der Waals surface area contributed by atoms with E-state index in [4.69, 9.17) is 27.7 Å². The van der Waals surface area contributed by atoms with Crippen molar-refractivity contribution in [3.05, 3.63) is 56.2 Å². The van der Waals surface area contributed by atoms with Crippen molar-refractivity contribution in [2.24, 2.45) is 0 Å². The van der Waals surface area contributed by atoms with E-state index in [-0.39, 0.29) is 17.3 Å². The number of nitrogens with zero attached hydrogens (tertiary/aromatic N) is 4. The second-order valence-corrected chi connectivity index (χ2v) is 12.6. The summed E-state index contributed by atoms with van der Waals surface area (Å²) in [5, 5.41) is 6.10. The van der Waals surface area contributed by atoms with Crippen LogP contribution in [0.25, 0.3) is 21.5 Å². The van der Waals surface area contributed by atoms with Gasteiger partial charge in [-0.3, -0.25) is 4.90 Å². The van der Waals surface area contributed by atoms with Crippen LogP contribution in [0.3, 0.4) is 0 Å². The molecule has 0 spiro atoms. The number of anilines is 1. The minimum Gasteiger partial charge on any atom is -0.403 e. The molecule has 1 aliphatic heterocycles. The Morgan fingerprint density at radius 2 is 1.92 bits per heavy atom. The highest BCUT2D eigenvalue weighted by molar-refractivity contribution is 9.10. The number of aromatic nitrogens is 2. The molecule has 0 unspecified atom stereocenters. The molecule has 2 fully saturated rings. The number of alkyl halides is 3. The van der Waals surface area contributed by atoms with Crippen molar-refractivity contribution in [3.63, 3.8) is 0 Å². The topological polar surface area (TPSA) is 54.6 Å². The maximum Gasteiger partial charge on any atom is 0.573 e. The number of ether oxygens (including phenoxy) is 1. The van der Waals surface area contributed by atoms with Crippen molar-refractivity contribution in [3.8, 4) is 17.0 Å². The average molecular weight is 662 g/mol. The SMILES string of the molecule is C[C@@H]1CN(Cc2c(-c3c(Cl)cccc3Cl)noc2C2CC2)CCN1c1nc2c(OC(F)(F)F)cc(Br)cc2s1. The Bertz CT molecular complexity index is 1520. The number of benzene rings is 2. The highest BCUT2D eigenvalue weighted by Crippen LogP contribution is 2.46. The number of hydrogen-bond acceptors (Lipinski definition) is 7. The van der Waals surface area contributed by atoms with Crippen molar-refractivity contribution >= 4 is 65.8 Å². The molecule has 1 atom stereocenters. The van der Waals surface area contributed by atoms with Gasteiger partial charge in [-0.1, -0.05) is 61.7 Å². The molecule has 3 heterocycles. The highest BCUT2D eigenvalue weighted by Gasteiger charge is 2.36. The van der Waals surface area contributed by atoms with Gasteiger partial charge >= 0.3 is 6.36 Å². The third-order valence-electron chi connectivity index (χ3n) is 6.94. The maximum absolute atomic E-state index is 13.0. The van der Waals surface area contributed by atoms with Gasteiger partial charge < -0.3 is 14.2 Å². The van der Waals surface area contributed by atoms with Crippen molar-refractivity contribution in [1.82, 2.24) is 15.0 Å². The third-order valence-corrected chi connectivity index (χ3v) is 9.07. The zero-order chi connectivity index (χ0) is 27.5. The van der Waals surface area contributed by atoms with Crippen molar-refractivity contribution in [2.75, 3.05) is 24.5 Å². The standard InChI is InChI=1S/C26H22BrCl2F3N4O2S/c1-13-11-35(12-16-22(34-38-24(16)14-5-6-14)21-17(28)3-2-4-18(21)29)7-8-36(13)25-33-23-19(37-26(30,31)32)9-15(27)10-20(23)39-25/h2-4,9-10,13-14H,5-8,11-12H2,1H3/t13-/m1/s1. The van der Waals surface area contributed by atoms with Gasteiger partial charge in [-0.05, 0) is 44.0 Å². The number of halogens is 6. The molecule has 2 aromatic carbocycles. The van der Waals surface area contributed by atoms with Crippen molar-refractivity contribution in [1.29, 1.82) is 0 Å². The van der Waals surface area contributed by atoms with E-state index < -0.39 is 6.36 Å². The Morgan fingerprint density at radius 1 is 1.18 bits per heavy atom. The fourth-order valence-electron chi connectivity index (χ4n) is 5.03. The van der Waals surface area contributed by atoms with E-state index in [1.165, 1.54) is 17.4 Å². The summed E-state index contributed by atoms with van der Waals surface area (Å²) in [6.07, 6.45) is -2.67. The number of rotatable bonds is 6. The Hall–Kier alpha value is -2.05. The Balaban J connectivity index is 1.24. The molecule has 1 aliphatic carbocycles. The van der Waals surface area contributed by atoms with E-state index in [0.717, 1.165) is 37.3 Å². The van der Waals surface area contributed by atoms with Crippen LogP contribution in [0.2, 0.25) is 10.0 Å². The van der Waals surface area contributed by atoms with Gasteiger partial charge in [0.05, 0.1) is 14.7 Å². The summed E-state index contributed by atoms with van der Waals surface area (Å²) >= 11 is 17.7. The molecule has 13 heteroatoms. The van der Waals surface area contributed by atoms with Crippen LogP contribution >= 0.6 is 50.5 Å². The van der Waals surface area contributed by atoms with Crippen LogP contribution in [0.1, 0.15) is 37.0 Å². The van der Waals surface area contributed by atoms with Gasteiger partial charge in [0.15, 0.2) is 10.9 Å². The first-order valence-electron chi connectivity index (χ1n) is 12.3. The zero-order valence-corrected chi connectivity index (χ0v) is 24.5. The van der Waals surface area contributed by atoms with Gasteiger partial charge in [-0.25, -0.2) is 4.98 Å². The molecule has 6 nitrogen and oxygen atoms in total. The molecule has 1 saturated carbocycles. The van der Waals surface area contributed by atoms with Gasteiger partial charge in [-0.15, -0.1) is 13.2 Å². The summed E-state index contributed by atoms with van der Waals surface area (Å²) in [4.78, 5) is 9.02. The monoisotopic (exact) mass is 660 g/mol. The maximum atomic E-state index is 13.0. The van der Waals surface area contributed by atoms with Crippen LogP contribution in [0, 0.1) is 0 Å². The first kappa shape index (κ1) is 27.1. The molecule has 0 N–H and O–H groups in total. The minimum absolute atomic E-state index is 0.0614. The molecular weight excluding hydrogens is 640 g/mol. The summed E-state index contributed by atoms with van der Waals surface area (Å²) in [6, 6.07) is 8.50. The number of thiazole rings is 1. The van der Waals surface area contributed by atoms with Crippen LogP contribution < -0.4 is 9.64 Å². The van der Waals surface area contributed by atoms with E-state index in [1.807, 2.05) is 0 Å². The van der Waals surface area contributed by atoms with Crippen LogP contribution in [-0.2, 0) is 6.54 Å². The lowest BCUT2D eigenvalue weighted by molar-refractivity contribution is -0.274. The number of fused-ring (bicyclic) bond motifs is 1. The van der Waals surface area contributed by atoms with Crippen LogP contribution in [0.5, 0.6) is 5.75 Å². The summed E-state index contributed by atoms with van der Waals surface area (Å²) in [6.45, 7) is 4.81. The van der Waals surface area contributed by atoms with Crippen LogP contribution in [-0.4, -0.2) is 47.1 Å². The molecule has 0 bridgehead atoms. The predicted octanol–water partition coefficient (Wildman–Crippen LogP) is 8.51. The van der Waals surface area contributed by atoms with E-state index in [0.29, 0.717) is 54.6 Å². The predicted molar refractivity (Wildman–Crippen MR) is 150 cm³/mol. The first-order valence-corrected chi connectivity index (χ1v) is 14.7. The molecule has 2 aliphatic rings. The molecule has 0 amide bonds. The second-order valence-electron chi connectivity index (χ2n) is 9.82. The van der Waals surface area contributed by atoms with E-state index in [1.54, 1.807) is 24.3 Å². The molecule has 1 saturated heterocycles. The molecule has 6 rings (SSSR count). The molecule has 4 aromatic rings. The average Bonchev–Trinajstić information content (AvgIpc) is 3.48. The van der Waals surface area contributed by atoms with Gasteiger partial charge in [0.25, 0.3) is 0 Å². The van der Waals surface area contributed by atoms with Crippen molar-refractivity contribution < 1.29 is 22.4 Å². The van der Waals surface area contributed by atoms with E-state index in [2.05, 4.69) is 47.5 Å². The minimum atomic E-state index is -4.80. The first-order chi connectivity index (χ1) is 18.6. The lowest BCUT2D eigenvalue weighted by Crippen LogP contribution is -2.51. The number of piperazine rings is 1. The van der Waals surface area contributed by atoms with Gasteiger partial charge in [0, 0.05) is 53.7 Å². The summed E-state index contributed by atoms with van der Waals surface area (Å²) in [7, 11) is 0. The zero-order valence-electron chi connectivity index (χ0n) is 20.6. The van der Waals surface area contributed by atoms with Crippen LogP contribution in [0.4, 0.5) is 18.3 Å². The lowest BCUT2D eigenvalue weighted by atomic mass is 10.0. The van der Waals surface area contributed by atoms with E-state index >= 15 is 0 Å². The molecule has 0 radical (unpaired) electrons. The fourth-order valence-corrected chi connectivity index (χ4v) is 7.34. The Kier molecular flexibility index (Phi) is 7.24. The normalized spacial score (nSPS) is 18.7. The van der Waals surface area contributed by atoms with Crippen LogP contribution in [0.15, 0.2) is 39.3 Å². The second kappa shape index (κ2) is 10.4. The van der Waals surface area contributed by atoms with Gasteiger partial charge in [0.1, 0.15) is 17.0 Å². The Morgan fingerprint density at radius 3 is 2.59 bits per heavy atom. The fraction of sp³-hybridized carbons (Fsp3) is 0.385. The summed E-state index contributed by atoms with van der Waals surface area (Å²) < 4.78 is 50.1. The van der Waals surface area contributed by atoms with Gasteiger partial charge in [0.2, 0.25) is 0 Å². The third kappa shape index (κ3) is 5.61. The number of hydrogen-bond donors (Lipinski definition) is 0. The highest BCUT2D eigenvalue weighted by atomic mass is 79.9. The largest absolute Gasteiger partial charge is 0.573 e. The Labute approximate surface area is 244 Å². The molecular formula is C26H22BrCl2F3N4O2S. The molecule has 206 valence electrons. The lowest BCUT2D eigenvalue weighted by Gasteiger charge is -2.39. The summed E-state index contributed by atoms with van der Waals surface area (Å²) in [5.41, 5.74) is 2.56. The van der Waals surface area contributed by atoms with Crippen molar-refractivity contribution in [2.45, 2.75) is 44.6 Å². The smallest absolute Gasteiger partial charge is 0.403 e. The quantitative estimate of drug-likeness (QED) is 0.207.